The van der Waals surface area contributed by atoms with E-state index in [0.717, 1.165) is 12.1 Å². The van der Waals surface area contributed by atoms with E-state index in [-0.39, 0.29) is 11.8 Å². The summed E-state index contributed by atoms with van der Waals surface area (Å²) in [4.78, 5) is 14.1. The Kier molecular flexibility index (Phi) is 3.09. The average molecular weight is 215 g/mol. The largest absolute Gasteiger partial charge is 0.308 e. The number of nitrogens with zero attached hydrogens (tertiary/aromatic N) is 1. The van der Waals surface area contributed by atoms with Crippen LogP contribution in [0, 0.1) is 0 Å². The molecule has 1 unspecified atom stereocenters. The molecule has 0 saturated carbocycles. The van der Waals surface area contributed by atoms with Crippen LogP contribution in [0.25, 0.3) is 0 Å². The first-order valence-corrected chi connectivity index (χ1v) is 5.81. The highest BCUT2D eigenvalue weighted by Gasteiger charge is 2.34. The average Bonchev–Trinajstić information content (AvgIpc) is 2.58. The van der Waals surface area contributed by atoms with Crippen molar-refractivity contribution in [2.45, 2.75) is 26.2 Å². The second-order valence-electron chi connectivity index (χ2n) is 4.04. The number of allylic oxidation sites excluding steroid dienone is 1. The number of benzene rings is 1. The Morgan fingerprint density at radius 2 is 2.12 bits per heavy atom. The number of hydrogen-bond acceptors (Lipinski definition) is 1. The number of rotatable bonds is 3. The lowest BCUT2D eigenvalue weighted by atomic mass is 9.98. The van der Waals surface area contributed by atoms with Crippen molar-refractivity contribution < 1.29 is 4.79 Å². The van der Waals surface area contributed by atoms with Crippen molar-refractivity contribution in [2.75, 3.05) is 11.4 Å². The second kappa shape index (κ2) is 4.52. The normalized spacial score (nSPS) is 19.5. The molecule has 1 amide bonds. The summed E-state index contributed by atoms with van der Waals surface area (Å²) in [5, 5.41) is 0. The van der Waals surface area contributed by atoms with Crippen molar-refractivity contribution in [3.8, 4) is 0 Å². The summed E-state index contributed by atoms with van der Waals surface area (Å²) in [5.74, 6) is 0.295. The molecule has 16 heavy (non-hydrogen) atoms. The third kappa shape index (κ3) is 1.64. The van der Waals surface area contributed by atoms with Crippen molar-refractivity contribution in [1.82, 2.24) is 0 Å². The van der Waals surface area contributed by atoms with E-state index >= 15 is 0 Å². The first-order valence-electron chi connectivity index (χ1n) is 5.81. The van der Waals surface area contributed by atoms with E-state index < -0.39 is 0 Å². The highest BCUT2D eigenvalue weighted by atomic mass is 16.2. The summed E-state index contributed by atoms with van der Waals surface area (Å²) in [6.07, 6.45) is 4.88. The zero-order valence-electron chi connectivity index (χ0n) is 9.81. The van der Waals surface area contributed by atoms with Crippen LogP contribution in [-0.4, -0.2) is 12.5 Å². The maximum absolute atomic E-state index is 12.2. The molecule has 0 bridgehead atoms. The molecule has 0 spiro atoms. The number of para-hydroxylation sites is 1. The third-order valence-electron chi connectivity index (χ3n) is 3.10. The van der Waals surface area contributed by atoms with Crippen LogP contribution in [0.15, 0.2) is 36.4 Å². The lowest BCUT2D eigenvalue weighted by Crippen LogP contribution is -2.28. The number of fused-ring (bicyclic) bond motifs is 1. The minimum absolute atomic E-state index is 0.0569. The molecule has 1 atom stereocenters. The molecule has 0 N–H and O–H groups in total. The van der Waals surface area contributed by atoms with Gasteiger partial charge < -0.3 is 4.90 Å². The minimum Gasteiger partial charge on any atom is -0.308 e. The predicted octanol–water partition coefficient (Wildman–Crippen LogP) is 3.10. The molecule has 0 aliphatic carbocycles. The van der Waals surface area contributed by atoms with E-state index in [2.05, 4.69) is 13.0 Å². The SMILES string of the molecule is C/C=C/CN1C(=O)C(CC)c2ccccc21. The van der Waals surface area contributed by atoms with Gasteiger partial charge in [-0.15, -0.1) is 0 Å². The lowest BCUT2D eigenvalue weighted by Gasteiger charge is -2.15. The van der Waals surface area contributed by atoms with Gasteiger partial charge in [0.25, 0.3) is 0 Å². The van der Waals surface area contributed by atoms with Crippen LogP contribution in [0.2, 0.25) is 0 Å². The van der Waals surface area contributed by atoms with Crippen molar-refractivity contribution in [2.24, 2.45) is 0 Å². The van der Waals surface area contributed by atoms with Crippen LogP contribution in [0.3, 0.4) is 0 Å². The molecule has 2 heteroatoms. The van der Waals surface area contributed by atoms with Crippen molar-refractivity contribution in [3.05, 3.63) is 42.0 Å². The van der Waals surface area contributed by atoms with Crippen LogP contribution >= 0.6 is 0 Å². The first kappa shape index (κ1) is 10.9. The van der Waals surface area contributed by atoms with Crippen molar-refractivity contribution in [3.63, 3.8) is 0 Å². The summed E-state index contributed by atoms with van der Waals surface area (Å²) in [6.45, 7) is 4.73. The molecule has 0 fully saturated rings. The van der Waals surface area contributed by atoms with Gasteiger partial charge in [0.05, 0.1) is 5.92 Å². The monoisotopic (exact) mass is 215 g/mol. The highest BCUT2D eigenvalue weighted by Crippen LogP contribution is 2.38. The second-order valence-corrected chi connectivity index (χ2v) is 4.04. The molecular weight excluding hydrogens is 198 g/mol. The number of hydrogen-bond donors (Lipinski definition) is 0. The lowest BCUT2D eigenvalue weighted by molar-refractivity contribution is -0.119. The van der Waals surface area contributed by atoms with Gasteiger partial charge in [0.1, 0.15) is 0 Å². The molecule has 1 aliphatic rings. The van der Waals surface area contributed by atoms with Gasteiger partial charge in [-0.25, -0.2) is 0 Å². The molecule has 1 aromatic rings. The maximum atomic E-state index is 12.2. The standard InChI is InChI=1S/C14H17NO/c1-3-5-10-15-13-9-7-6-8-12(13)11(4-2)14(15)16/h3,5-9,11H,4,10H2,1-2H3/b5-3+. The molecule has 1 heterocycles. The predicted molar refractivity (Wildman–Crippen MR) is 66.6 cm³/mol. The van der Waals surface area contributed by atoms with Crippen LogP contribution in [0.1, 0.15) is 31.7 Å². The van der Waals surface area contributed by atoms with Crippen molar-refractivity contribution >= 4 is 11.6 Å². The Balaban J connectivity index is 2.38. The van der Waals surface area contributed by atoms with E-state index in [1.165, 1.54) is 5.56 Å². The Bertz CT molecular complexity index is 422. The van der Waals surface area contributed by atoms with Gasteiger partial charge >= 0.3 is 0 Å². The minimum atomic E-state index is 0.0569. The van der Waals surface area contributed by atoms with Crippen molar-refractivity contribution in [1.29, 1.82) is 0 Å². The van der Waals surface area contributed by atoms with E-state index in [4.69, 9.17) is 0 Å². The topological polar surface area (TPSA) is 20.3 Å². The van der Waals surface area contributed by atoms with Gasteiger partial charge in [0, 0.05) is 12.2 Å². The summed E-state index contributed by atoms with van der Waals surface area (Å²) < 4.78 is 0. The van der Waals surface area contributed by atoms with Gasteiger partial charge in [0.2, 0.25) is 5.91 Å². The molecule has 1 aromatic carbocycles. The fraction of sp³-hybridized carbons (Fsp3) is 0.357. The third-order valence-corrected chi connectivity index (χ3v) is 3.10. The maximum Gasteiger partial charge on any atom is 0.234 e. The Morgan fingerprint density at radius 3 is 2.81 bits per heavy atom. The molecular formula is C14H17NO. The van der Waals surface area contributed by atoms with Crippen LogP contribution in [0.5, 0.6) is 0 Å². The number of carbonyl (C=O) groups excluding carboxylic acids is 1. The van der Waals surface area contributed by atoms with Crippen LogP contribution in [-0.2, 0) is 4.79 Å². The number of amides is 1. The Hall–Kier alpha value is -1.57. The smallest absolute Gasteiger partial charge is 0.234 e. The summed E-state index contributed by atoms with van der Waals surface area (Å²) >= 11 is 0. The number of anilines is 1. The van der Waals surface area contributed by atoms with Crippen LogP contribution < -0.4 is 4.90 Å². The van der Waals surface area contributed by atoms with Gasteiger partial charge in [-0.05, 0) is 25.0 Å². The molecule has 2 nitrogen and oxygen atoms in total. The molecule has 0 saturated heterocycles. The fourth-order valence-electron chi connectivity index (χ4n) is 2.26. The summed E-state index contributed by atoms with van der Waals surface area (Å²) in [7, 11) is 0. The van der Waals surface area contributed by atoms with E-state index in [9.17, 15) is 4.79 Å². The van der Waals surface area contributed by atoms with E-state index in [1.54, 1.807) is 0 Å². The fourth-order valence-corrected chi connectivity index (χ4v) is 2.26. The first-order chi connectivity index (χ1) is 7.79. The number of carbonyl (C=O) groups is 1. The van der Waals surface area contributed by atoms with Gasteiger partial charge in [-0.1, -0.05) is 37.3 Å². The zero-order valence-corrected chi connectivity index (χ0v) is 9.81. The van der Waals surface area contributed by atoms with Gasteiger partial charge in [-0.3, -0.25) is 4.79 Å². The summed E-state index contributed by atoms with van der Waals surface area (Å²) in [5.41, 5.74) is 2.26. The molecule has 0 radical (unpaired) electrons. The van der Waals surface area contributed by atoms with Crippen LogP contribution in [0.4, 0.5) is 5.69 Å². The van der Waals surface area contributed by atoms with Gasteiger partial charge in [0.15, 0.2) is 0 Å². The Morgan fingerprint density at radius 1 is 1.38 bits per heavy atom. The molecule has 84 valence electrons. The quantitative estimate of drug-likeness (QED) is 0.709. The Labute approximate surface area is 96.6 Å². The highest BCUT2D eigenvalue weighted by molar-refractivity contribution is 6.05. The molecule has 0 aromatic heterocycles. The zero-order chi connectivity index (χ0) is 11.5. The van der Waals surface area contributed by atoms with E-state index in [0.29, 0.717) is 6.54 Å². The van der Waals surface area contributed by atoms with E-state index in [1.807, 2.05) is 42.2 Å². The summed E-state index contributed by atoms with van der Waals surface area (Å²) in [6, 6.07) is 8.10. The van der Waals surface area contributed by atoms with Gasteiger partial charge in [-0.2, -0.15) is 0 Å². The molecule has 2 rings (SSSR count). The molecule has 1 aliphatic heterocycles.